The first kappa shape index (κ1) is 15.9. The van der Waals surface area contributed by atoms with Crippen LogP contribution < -0.4 is 10.1 Å². The Hall–Kier alpha value is -1.51. The highest BCUT2D eigenvalue weighted by atomic mass is 35.5. The van der Waals surface area contributed by atoms with E-state index in [2.05, 4.69) is 36.5 Å². The molecule has 0 saturated carbocycles. The van der Waals surface area contributed by atoms with Crippen LogP contribution in [0.2, 0.25) is 5.02 Å². The second kappa shape index (κ2) is 8.06. The van der Waals surface area contributed by atoms with Crippen molar-refractivity contribution in [3.05, 3.63) is 64.7 Å². The lowest BCUT2D eigenvalue weighted by Gasteiger charge is -2.20. The number of hydrogen-bond donors (Lipinski definition) is 1. The van der Waals surface area contributed by atoms with Gasteiger partial charge < -0.3 is 10.1 Å². The van der Waals surface area contributed by atoms with Crippen LogP contribution in [0.1, 0.15) is 30.5 Å². The average Bonchev–Trinajstić information content (AvgIpc) is 2.52. The van der Waals surface area contributed by atoms with Crippen molar-refractivity contribution in [1.82, 2.24) is 5.32 Å². The Morgan fingerprint density at radius 2 is 1.81 bits per heavy atom. The molecule has 0 amide bonds. The van der Waals surface area contributed by atoms with Crippen molar-refractivity contribution in [2.75, 3.05) is 13.7 Å². The molecule has 2 nitrogen and oxygen atoms in total. The highest BCUT2D eigenvalue weighted by Crippen LogP contribution is 2.25. The third kappa shape index (κ3) is 4.48. The third-order valence-electron chi connectivity index (χ3n) is 3.53. The Balaban J connectivity index is 2.21. The Bertz CT molecular complexity index is 553. The maximum Gasteiger partial charge on any atom is 0.122 e. The molecule has 21 heavy (non-hydrogen) atoms. The maximum atomic E-state index is 5.99. The second-order valence-electron chi connectivity index (χ2n) is 5.07. The van der Waals surface area contributed by atoms with Gasteiger partial charge in [-0.2, -0.15) is 0 Å². The SMILES string of the molecule is CCCNC(Cc1ccccc1OC)c1ccc(Cl)cc1. The van der Waals surface area contributed by atoms with Gasteiger partial charge in [0.05, 0.1) is 7.11 Å². The molecule has 0 aliphatic heterocycles. The van der Waals surface area contributed by atoms with Crippen molar-refractivity contribution < 1.29 is 4.74 Å². The smallest absolute Gasteiger partial charge is 0.122 e. The molecule has 0 spiro atoms. The topological polar surface area (TPSA) is 21.3 Å². The van der Waals surface area contributed by atoms with E-state index in [9.17, 15) is 0 Å². The van der Waals surface area contributed by atoms with E-state index < -0.39 is 0 Å². The lowest BCUT2D eigenvalue weighted by atomic mass is 9.98. The van der Waals surface area contributed by atoms with Gasteiger partial charge in [-0.25, -0.2) is 0 Å². The zero-order chi connectivity index (χ0) is 15.1. The van der Waals surface area contributed by atoms with E-state index in [4.69, 9.17) is 16.3 Å². The van der Waals surface area contributed by atoms with E-state index in [0.29, 0.717) is 0 Å². The van der Waals surface area contributed by atoms with Crippen molar-refractivity contribution >= 4 is 11.6 Å². The Labute approximate surface area is 132 Å². The zero-order valence-corrected chi connectivity index (χ0v) is 13.4. The van der Waals surface area contributed by atoms with Crippen molar-refractivity contribution in [2.45, 2.75) is 25.8 Å². The van der Waals surface area contributed by atoms with Gasteiger partial charge in [0, 0.05) is 11.1 Å². The lowest BCUT2D eigenvalue weighted by molar-refractivity contribution is 0.405. The van der Waals surface area contributed by atoms with Crippen LogP contribution in [0.25, 0.3) is 0 Å². The highest BCUT2D eigenvalue weighted by molar-refractivity contribution is 6.30. The van der Waals surface area contributed by atoms with Gasteiger partial charge in [0.1, 0.15) is 5.75 Å². The summed E-state index contributed by atoms with van der Waals surface area (Å²) in [5.41, 5.74) is 2.46. The van der Waals surface area contributed by atoms with E-state index in [0.717, 1.165) is 30.2 Å². The molecule has 0 aromatic heterocycles. The number of methoxy groups -OCH3 is 1. The molecule has 2 aromatic carbocycles. The molecule has 0 heterocycles. The van der Waals surface area contributed by atoms with Gasteiger partial charge >= 0.3 is 0 Å². The lowest BCUT2D eigenvalue weighted by Crippen LogP contribution is -2.24. The summed E-state index contributed by atoms with van der Waals surface area (Å²) in [6.45, 7) is 3.16. The monoisotopic (exact) mass is 303 g/mol. The Morgan fingerprint density at radius 3 is 2.48 bits per heavy atom. The molecule has 1 N–H and O–H groups in total. The summed E-state index contributed by atoms with van der Waals surface area (Å²) in [6, 6.07) is 16.5. The summed E-state index contributed by atoms with van der Waals surface area (Å²) in [7, 11) is 1.72. The molecule has 3 heteroatoms. The normalized spacial score (nSPS) is 12.1. The van der Waals surface area contributed by atoms with Crippen LogP contribution in [0.5, 0.6) is 5.75 Å². The maximum absolute atomic E-state index is 5.99. The first-order valence-corrected chi connectivity index (χ1v) is 7.73. The van der Waals surface area contributed by atoms with Crippen molar-refractivity contribution in [3.63, 3.8) is 0 Å². The summed E-state index contributed by atoms with van der Waals surface area (Å²) in [5, 5.41) is 4.38. The standard InChI is InChI=1S/C18H22ClNO/c1-3-12-20-17(14-8-10-16(19)11-9-14)13-15-6-4-5-7-18(15)21-2/h4-11,17,20H,3,12-13H2,1-2H3. The van der Waals surface area contributed by atoms with Gasteiger partial charge in [-0.05, 0) is 48.7 Å². The number of benzene rings is 2. The van der Waals surface area contributed by atoms with Crippen LogP contribution in [-0.2, 0) is 6.42 Å². The molecule has 0 fully saturated rings. The largest absolute Gasteiger partial charge is 0.496 e. The Morgan fingerprint density at radius 1 is 1.10 bits per heavy atom. The minimum atomic E-state index is 0.263. The molecule has 2 rings (SSSR count). The number of halogens is 1. The third-order valence-corrected chi connectivity index (χ3v) is 3.78. The number of nitrogens with one attached hydrogen (secondary N) is 1. The Kier molecular flexibility index (Phi) is 6.09. The zero-order valence-electron chi connectivity index (χ0n) is 12.6. The predicted octanol–water partition coefficient (Wildman–Crippen LogP) is 4.63. The molecule has 0 saturated heterocycles. The second-order valence-corrected chi connectivity index (χ2v) is 5.51. The predicted molar refractivity (Wildman–Crippen MR) is 89.2 cm³/mol. The average molecular weight is 304 g/mol. The van der Waals surface area contributed by atoms with Crippen molar-refractivity contribution in [1.29, 1.82) is 0 Å². The van der Waals surface area contributed by atoms with Crippen LogP contribution in [0.3, 0.4) is 0 Å². The summed E-state index contributed by atoms with van der Waals surface area (Å²) in [5.74, 6) is 0.940. The highest BCUT2D eigenvalue weighted by Gasteiger charge is 2.14. The van der Waals surface area contributed by atoms with E-state index >= 15 is 0 Å². The van der Waals surface area contributed by atoms with Crippen LogP contribution in [0.4, 0.5) is 0 Å². The van der Waals surface area contributed by atoms with Gasteiger partial charge in [0.2, 0.25) is 0 Å². The van der Waals surface area contributed by atoms with Crippen LogP contribution in [-0.4, -0.2) is 13.7 Å². The molecule has 0 aliphatic rings. The van der Waals surface area contributed by atoms with E-state index in [1.54, 1.807) is 7.11 Å². The summed E-state index contributed by atoms with van der Waals surface area (Å²) in [4.78, 5) is 0. The van der Waals surface area contributed by atoms with E-state index in [1.165, 1.54) is 11.1 Å². The van der Waals surface area contributed by atoms with E-state index in [1.807, 2.05) is 24.3 Å². The van der Waals surface area contributed by atoms with Crippen LogP contribution in [0.15, 0.2) is 48.5 Å². The van der Waals surface area contributed by atoms with Crippen LogP contribution in [0, 0.1) is 0 Å². The summed E-state index contributed by atoms with van der Waals surface area (Å²) in [6.07, 6.45) is 2.00. The molecule has 0 aliphatic carbocycles. The molecular formula is C18H22ClNO. The summed E-state index contributed by atoms with van der Waals surface area (Å²) < 4.78 is 5.46. The molecule has 112 valence electrons. The van der Waals surface area contributed by atoms with E-state index in [-0.39, 0.29) is 6.04 Å². The van der Waals surface area contributed by atoms with Gasteiger partial charge in [-0.1, -0.05) is 48.9 Å². The first-order chi connectivity index (χ1) is 10.2. The number of para-hydroxylation sites is 1. The van der Waals surface area contributed by atoms with Gasteiger partial charge in [0.25, 0.3) is 0 Å². The fourth-order valence-corrected chi connectivity index (χ4v) is 2.54. The molecule has 2 aromatic rings. The van der Waals surface area contributed by atoms with Crippen molar-refractivity contribution in [3.8, 4) is 5.75 Å². The number of ether oxygens (including phenoxy) is 1. The van der Waals surface area contributed by atoms with Crippen LogP contribution >= 0.6 is 11.6 Å². The number of rotatable bonds is 7. The molecule has 1 unspecified atom stereocenters. The first-order valence-electron chi connectivity index (χ1n) is 7.35. The minimum Gasteiger partial charge on any atom is -0.496 e. The molecule has 0 bridgehead atoms. The molecule has 0 radical (unpaired) electrons. The van der Waals surface area contributed by atoms with Gasteiger partial charge in [-0.3, -0.25) is 0 Å². The van der Waals surface area contributed by atoms with Crippen molar-refractivity contribution in [2.24, 2.45) is 0 Å². The molecule has 1 atom stereocenters. The fraction of sp³-hybridized carbons (Fsp3) is 0.333. The fourth-order valence-electron chi connectivity index (χ4n) is 2.41. The van der Waals surface area contributed by atoms with Gasteiger partial charge in [-0.15, -0.1) is 0 Å². The number of hydrogen-bond acceptors (Lipinski definition) is 2. The quantitative estimate of drug-likeness (QED) is 0.805. The van der Waals surface area contributed by atoms with Gasteiger partial charge in [0.15, 0.2) is 0 Å². The summed E-state index contributed by atoms with van der Waals surface area (Å²) >= 11 is 5.99. The minimum absolute atomic E-state index is 0.263. The molecular weight excluding hydrogens is 282 g/mol.